The van der Waals surface area contributed by atoms with Gasteiger partial charge in [0, 0.05) is 30.9 Å². The monoisotopic (exact) mass is 286 g/mol. The predicted octanol–water partition coefficient (Wildman–Crippen LogP) is 1.39. The lowest BCUT2D eigenvalue weighted by Crippen LogP contribution is -2.43. The molecule has 1 amide bonds. The third-order valence-electron chi connectivity index (χ3n) is 3.41. The molecule has 21 heavy (non-hydrogen) atoms. The van der Waals surface area contributed by atoms with E-state index in [-0.39, 0.29) is 11.9 Å². The molecule has 1 atom stereocenters. The Kier molecular flexibility index (Phi) is 4.28. The van der Waals surface area contributed by atoms with E-state index in [0.717, 1.165) is 23.5 Å². The van der Waals surface area contributed by atoms with Crippen molar-refractivity contribution in [2.75, 3.05) is 25.1 Å². The number of rotatable bonds is 4. The molecule has 1 aromatic carbocycles. The Morgan fingerprint density at radius 2 is 2.19 bits per heavy atom. The minimum atomic E-state index is -0.00714. The standard InChI is InChI=1S/C15H18N4O2/c20-15(9-13-10-21-8-7-16-13)18-12-3-1-11(2-4-12)14-5-6-17-19-14/h1-6,13,16H,7-10H2,(H,17,19)(H,18,20). The normalized spacial score (nSPS) is 18.4. The van der Waals surface area contributed by atoms with Crippen LogP contribution in [0, 0.1) is 0 Å². The van der Waals surface area contributed by atoms with Gasteiger partial charge in [-0.1, -0.05) is 12.1 Å². The lowest BCUT2D eigenvalue weighted by atomic mass is 10.1. The molecule has 0 aliphatic carbocycles. The van der Waals surface area contributed by atoms with E-state index in [1.807, 2.05) is 30.3 Å². The second-order valence-electron chi connectivity index (χ2n) is 5.03. The first-order valence-corrected chi connectivity index (χ1v) is 7.02. The minimum absolute atomic E-state index is 0.00714. The number of hydrogen-bond donors (Lipinski definition) is 3. The van der Waals surface area contributed by atoms with Crippen LogP contribution in [0.1, 0.15) is 6.42 Å². The van der Waals surface area contributed by atoms with Gasteiger partial charge in [0.25, 0.3) is 0 Å². The first kappa shape index (κ1) is 13.8. The van der Waals surface area contributed by atoms with Crippen LogP contribution in [0.2, 0.25) is 0 Å². The zero-order chi connectivity index (χ0) is 14.5. The average Bonchev–Trinajstić information content (AvgIpc) is 3.03. The number of nitrogens with one attached hydrogen (secondary N) is 3. The van der Waals surface area contributed by atoms with Crippen LogP contribution in [-0.4, -0.2) is 41.9 Å². The van der Waals surface area contributed by atoms with Crippen molar-refractivity contribution in [1.29, 1.82) is 0 Å². The third-order valence-corrected chi connectivity index (χ3v) is 3.41. The summed E-state index contributed by atoms with van der Waals surface area (Å²) in [6.07, 6.45) is 2.13. The molecule has 1 aliphatic rings. The Morgan fingerprint density at radius 1 is 1.33 bits per heavy atom. The lowest BCUT2D eigenvalue weighted by Gasteiger charge is -2.23. The summed E-state index contributed by atoms with van der Waals surface area (Å²) < 4.78 is 5.34. The van der Waals surface area contributed by atoms with Gasteiger partial charge in [0.05, 0.1) is 18.9 Å². The zero-order valence-corrected chi connectivity index (χ0v) is 11.6. The molecule has 0 bridgehead atoms. The van der Waals surface area contributed by atoms with Crippen molar-refractivity contribution >= 4 is 11.6 Å². The zero-order valence-electron chi connectivity index (χ0n) is 11.6. The number of amides is 1. The van der Waals surface area contributed by atoms with Gasteiger partial charge in [-0.3, -0.25) is 9.89 Å². The van der Waals surface area contributed by atoms with Crippen molar-refractivity contribution in [3.63, 3.8) is 0 Å². The number of nitrogens with zero attached hydrogens (tertiary/aromatic N) is 1. The molecule has 1 unspecified atom stereocenters. The molecule has 1 aliphatic heterocycles. The number of aromatic nitrogens is 2. The van der Waals surface area contributed by atoms with Crippen molar-refractivity contribution in [2.45, 2.75) is 12.5 Å². The highest BCUT2D eigenvalue weighted by Crippen LogP contribution is 2.19. The number of carbonyl (C=O) groups excluding carboxylic acids is 1. The Bertz CT molecular complexity index is 574. The van der Waals surface area contributed by atoms with Crippen LogP contribution in [0.4, 0.5) is 5.69 Å². The SMILES string of the molecule is O=C(CC1COCCN1)Nc1ccc(-c2ccn[nH]2)cc1. The Morgan fingerprint density at radius 3 is 2.86 bits per heavy atom. The highest BCUT2D eigenvalue weighted by Gasteiger charge is 2.16. The number of ether oxygens (including phenoxy) is 1. The van der Waals surface area contributed by atoms with Crippen LogP contribution in [0.3, 0.4) is 0 Å². The van der Waals surface area contributed by atoms with Crippen LogP contribution in [-0.2, 0) is 9.53 Å². The van der Waals surface area contributed by atoms with E-state index in [1.54, 1.807) is 6.20 Å². The van der Waals surface area contributed by atoms with Crippen molar-refractivity contribution < 1.29 is 9.53 Å². The largest absolute Gasteiger partial charge is 0.378 e. The summed E-state index contributed by atoms with van der Waals surface area (Å²) >= 11 is 0. The summed E-state index contributed by atoms with van der Waals surface area (Å²) in [6.45, 7) is 2.11. The minimum Gasteiger partial charge on any atom is -0.378 e. The molecule has 1 aromatic heterocycles. The van der Waals surface area contributed by atoms with Gasteiger partial charge in [0.1, 0.15) is 0 Å². The summed E-state index contributed by atoms with van der Waals surface area (Å²) in [5.74, 6) is -0.00714. The highest BCUT2D eigenvalue weighted by atomic mass is 16.5. The summed E-state index contributed by atoms with van der Waals surface area (Å²) in [6, 6.07) is 9.68. The third kappa shape index (κ3) is 3.68. The van der Waals surface area contributed by atoms with E-state index < -0.39 is 0 Å². The molecule has 110 valence electrons. The Balaban J connectivity index is 1.56. The smallest absolute Gasteiger partial charge is 0.226 e. The topological polar surface area (TPSA) is 79.0 Å². The maximum atomic E-state index is 12.0. The van der Waals surface area contributed by atoms with E-state index in [4.69, 9.17) is 4.74 Å². The maximum absolute atomic E-state index is 12.0. The van der Waals surface area contributed by atoms with Gasteiger partial charge in [0.15, 0.2) is 0 Å². The molecular formula is C15H18N4O2. The average molecular weight is 286 g/mol. The van der Waals surface area contributed by atoms with Crippen molar-refractivity contribution in [2.24, 2.45) is 0 Å². The number of H-pyrrole nitrogens is 1. The number of aromatic amines is 1. The molecule has 3 N–H and O–H groups in total. The molecule has 6 nitrogen and oxygen atoms in total. The van der Waals surface area contributed by atoms with Crippen LogP contribution in [0.15, 0.2) is 36.5 Å². The molecule has 0 spiro atoms. The predicted molar refractivity (Wildman–Crippen MR) is 79.9 cm³/mol. The van der Waals surface area contributed by atoms with Gasteiger partial charge in [-0.05, 0) is 23.8 Å². The summed E-state index contributed by atoms with van der Waals surface area (Å²) in [4.78, 5) is 12.0. The lowest BCUT2D eigenvalue weighted by molar-refractivity contribution is -0.117. The molecule has 3 rings (SSSR count). The fourth-order valence-electron chi connectivity index (χ4n) is 2.34. The van der Waals surface area contributed by atoms with Crippen LogP contribution in [0.25, 0.3) is 11.3 Å². The number of carbonyl (C=O) groups is 1. The fourth-order valence-corrected chi connectivity index (χ4v) is 2.34. The van der Waals surface area contributed by atoms with E-state index in [2.05, 4.69) is 20.8 Å². The number of benzene rings is 1. The number of hydrogen-bond acceptors (Lipinski definition) is 4. The summed E-state index contributed by atoms with van der Waals surface area (Å²) in [5, 5.41) is 13.0. The molecular weight excluding hydrogens is 268 g/mol. The van der Waals surface area contributed by atoms with Crippen LogP contribution >= 0.6 is 0 Å². The second-order valence-corrected chi connectivity index (χ2v) is 5.03. The van der Waals surface area contributed by atoms with Crippen LogP contribution < -0.4 is 10.6 Å². The highest BCUT2D eigenvalue weighted by molar-refractivity contribution is 5.91. The molecule has 6 heteroatoms. The van der Waals surface area contributed by atoms with Crippen molar-refractivity contribution in [1.82, 2.24) is 15.5 Å². The van der Waals surface area contributed by atoms with Gasteiger partial charge in [-0.2, -0.15) is 5.10 Å². The van der Waals surface area contributed by atoms with E-state index in [1.165, 1.54) is 0 Å². The van der Waals surface area contributed by atoms with E-state index in [9.17, 15) is 4.79 Å². The second kappa shape index (κ2) is 6.51. The van der Waals surface area contributed by atoms with Gasteiger partial charge in [0.2, 0.25) is 5.91 Å². The first-order valence-electron chi connectivity index (χ1n) is 7.02. The number of anilines is 1. The maximum Gasteiger partial charge on any atom is 0.226 e. The summed E-state index contributed by atoms with van der Waals surface area (Å²) in [5.41, 5.74) is 2.78. The van der Waals surface area contributed by atoms with Crippen molar-refractivity contribution in [3.05, 3.63) is 36.5 Å². The quantitative estimate of drug-likeness (QED) is 0.793. The molecule has 2 aromatic rings. The number of morpholine rings is 1. The first-order chi connectivity index (χ1) is 10.3. The van der Waals surface area contributed by atoms with Gasteiger partial charge in [-0.25, -0.2) is 0 Å². The molecule has 0 radical (unpaired) electrons. The Labute approximate surface area is 122 Å². The van der Waals surface area contributed by atoms with Crippen molar-refractivity contribution in [3.8, 4) is 11.3 Å². The Hall–Kier alpha value is -2.18. The molecule has 1 saturated heterocycles. The van der Waals surface area contributed by atoms with E-state index >= 15 is 0 Å². The molecule has 0 saturated carbocycles. The van der Waals surface area contributed by atoms with Gasteiger partial charge < -0.3 is 15.4 Å². The molecule has 2 heterocycles. The fraction of sp³-hybridized carbons (Fsp3) is 0.333. The van der Waals surface area contributed by atoms with Gasteiger partial charge in [-0.15, -0.1) is 0 Å². The van der Waals surface area contributed by atoms with Gasteiger partial charge >= 0.3 is 0 Å². The molecule has 1 fully saturated rings. The van der Waals surface area contributed by atoms with Crippen LogP contribution in [0.5, 0.6) is 0 Å². The van der Waals surface area contributed by atoms with E-state index in [0.29, 0.717) is 19.6 Å². The summed E-state index contributed by atoms with van der Waals surface area (Å²) in [7, 11) is 0.